The summed E-state index contributed by atoms with van der Waals surface area (Å²) < 4.78 is 6.45. The van der Waals surface area contributed by atoms with Crippen molar-refractivity contribution in [2.75, 3.05) is 0 Å². The lowest BCUT2D eigenvalue weighted by atomic mass is 9.45. The summed E-state index contributed by atoms with van der Waals surface area (Å²) in [5.74, 6) is 2.96. The van der Waals surface area contributed by atoms with Crippen molar-refractivity contribution >= 4 is 28.6 Å². The molecule has 148 valence electrons. The van der Waals surface area contributed by atoms with Crippen LogP contribution < -0.4 is 0 Å². The van der Waals surface area contributed by atoms with E-state index in [1.807, 2.05) is 6.92 Å². The number of hydrogen-bond acceptors (Lipinski definition) is 3. The van der Waals surface area contributed by atoms with Crippen LogP contribution in [0.5, 0.6) is 0 Å². The molecular formula is C22H35IO3. The standard InChI is InChI=1S/C22H35IO3/c1-4-19(25)26-20-18(23)12-17-15-6-5-13-11-14(24)7-9-21(13,2)16(15)8-10-22(17,20)3/h13-18,20,24H,4-12H2,1-3H3/t13?,14-,15?,16?,17?,18+,20?,21-,22-/m0/s1. The fourth-order valence-electron chi connectivity index (χ4n) is 7.59. The summed E-state index contributed by atoms with van der Waals surface area (Å²) in [4.78, 5) is 12.0. The Kier molecular flexibility index (Phi) is 5.16. The van der Waals surface area contributed by atoms with E-state index in [-0.39, 0.29) is 23.6 Å². The lowest BCUT2D eigenvalue weighted by Crippen LogP contribution is -2.54. The third kappa shape index (κ3) is 2.87. The number of alkyl halides is 1. The van der Waals surface area contributed by atoms with Crippen molar-refractivity contribution in [1.82, 2.24) is 0 Å². The van der Waals surface area contributed by atoms with Gasteiger partial charge in [-0.2, -0.15) is 0 Å². The number of carbonyl (C=O) groups is 1. The molecular weight excluding hydrogens is 439 g/mol. The summed E-state index contributed by atoms with van der Waals surface area (Å²) in [6.45, 7) is 6.85. The maximum absolute atomic E-state index is 12.0. The average Bonchev–Trinajstić information content (AvgIpc) is 2.86. The van der Waals surface area contributed by atoms with Crippen LogP contribution >= 0.6 is 22.6 Å². The van der Waals surface area contributed by atoms with E-state index in [1.54, 1.807) is 0 Å². The van der Waals surface area contributed by atoms with E-state index >= 15 is 0 Å². The number of esters is 1. The minimum atomic E-state index is -0.0680. The molecule has 4 fully saturated rings. The second-order valence-electron chi connectivity index (χ2n) is 10.1. The summed E-state index contributed by atoms with van der Waals surface area (Å²) >= 11 is 2.56. The molecule has 26 heavy (non-hydrogen) atoms. The van der Waals surface area contributed by atoms with Crippen LogP contribution in [0, 0.1) is 34.5 Å². The van der Waals surface area contributed by atoms with E-state index in [2.05, 4.69) is 36.4 Å². The number of halogens is 1. The molecule has 4 rings (SSSR count). The third-order valence-electron chi connectivity index (χ3n) is 9.08. The second-order valence-corrected chi connectivity index (χ2v) is 11.7. The van der Waals surface area contributed by atoms with Crippen LogP contribution in [0.3, 0.4) is 0 Å². The zero-order valence-corrected chi connectivity index (χ0v) is 18.7. The number of aliphatic hydroxyl groups is 1. The van der Waals surface area contributed by atoms with Crippen molar-refractivity contribution in [3.63, 3.8) is 0 Å². The quantitative estimate of drug-likeness (QED) is 0.343. The Morgan fingerprint density at radius 1 is 1.08 bits per heavy atom. The molecule has 0 aromatic heterocycles. The Bertz CT molecular complexity index is 566. The summed E-state index contributed by atoms with van der Waals surface area (Å²) in [5.41, 5.74) is 0.581. The fraction of sp³-hybridized carbons (Fsp3) is 0.955. The molecule has 0 aromatic rings. The molecule has 5 unspecified atom stereocenters. The molecule has 0 heterocycles. The molecule has 0 bridgehead atoms. The Hall–Kier alpha value is 0.160. The van der Waals surface area contributed by atoms with E-state index in [0.29, 0.717) is 27.6 Å². The first kappa shape index (κ1) is 19.5. The van der Waals surface area contributed by atoms with Gasteiger partial charge in [0.25, 0.3) is 0 Å². The molecule has 4 aliphatic carbocycles. The number of hydrogen-bond donors (Lipinski definition) is 1. The maximum atomic E-state index is 12.0. The molecule has 4 heteroatoms. The third-order valence-corrected chi connectivity index (χ3v) is 10.2. The van der Waals surface area contributed by atoms with Crippen LogP contribution in [-0.2, 0) is 9.53 Å². The highest BCUT2D eigenvalue weighted by Crippen LogP contribution is 2.67. The Balaban J connectivity index is 1.58. The van der Waals surface area contributed by atoms with Gasteiger partial charge in [-0.05, 0) is 80.5 Å². The second kappa shape index (κ2) is 6.89. The summed E-state index contributed by atoms with van der Waals surface area (Å²) in [7, 11) is 0. The Morgan fingerprint density at radius 3 is 2.54 bits per heavy atom. The number of rotatable bonds is 2. The van der Waals surface area contributed by atoms with Gasteiger partial charge < -0.3 is 9.84 Å². The molecule has 1 N–H and O–H groups in total. The first-order valence-electron chi connectivity index (χ1n) is 10.8. The van der Waals surface area contributed by atoms with Gasteiger partial charge in [-0.3, -0.25) is 4.79 Å². The lowest BCUT2D eigenvalue weighted by Gasteiger charge is -2.60. The van der Waals surface area contributed by atoms with E-state index in [1.165, 1.54) is 38.5 Å². The fourth-order valence-corrected chi connectivity index (χ4v) is 9.11. The van der Waals surface area contributed by atoms with Gasteiger partial charge in [0, 0.05) is 15.8 Å². The summed E-state index contributed by atoms with van der Waals surface area (Å²) in [6.07, 6.45) is 10.0. The van der Waals surface area contributed by atoms with E-state index in [9.17, 15) is 9.90 Å². The molecule has 0 aromatic carbocycles. The molecule has 3 nitrogen and oxygen atoms in total. The SMILES string of the molecule is CCC(=O)OC1[C@H](I)CC2C3CCC4C[C@@H](O)CC[C@]4(C)C3CC[C@@]21C. The largest absolute Gasteiger partial charge is 0.461 e. The van der Waals surface area contributed by atoms with E-state index in [4.69, 9.17) is 4.74 Å². The van der Waals surface area contributed by atoms with Crippen molar-refractivity contribution in [2.45, 2.75) is 94.7 Å². The van der Waals surface area contributed by atoms with Gasteiger partial charge in [0.1, 0.15) is 6.10 Å². The molecule has 0 spiro atoms. The zero-order valence-electron chi connectivity index (χ0n) is 16.5. The van der Waals surface area contributed by atoms with E-state index in [0.717, 1.165) is 24.7 Å². The minimum absolute atomic E-state index is 0.0300. The van der Waals surface area contributed by atoms with Crippen molar-refractivity contribution in [3.05, 3.63) is 0 Å². The predicted molar refractivity (Wildman–Crippen MR) is 111 cm³/mol. The van der Waals surface area contributed by atoms with Gasteiger partial charge in [-0.1, -0.05) is 43.4 Å². The zero-order chi connectivity index (χ0) is 18.7. The van der Waals surface area contributed by atoms with Gasteiger partial charge in [-0.15, -0.1) is 0 Å². The first-order chi connectivity index (χ1) is 12.3. The smallest absolute Gasteiger partial charge is 0.305 e. The Morgan fingerprint density at radius 2 is 1.81 bits per heavy atom. The van der Waals surface area contributed by atoms with Crippen LogP contribution in [0.4, 0.5) is 0 Å². The molecule has 0 amide bonds. The molecule has 4 aliphatic rings. The molecule has 0 aliphatic heterocycles. The van der Waals surface area contributed by atoms with Gasteiger partial charge in [0.2, 0.25) is 0 Å². The van der Waals surface area contributed by atoms with Crippen molar-refractivity contribution < 1.29 is 14.6 Å². The van der Waals surface area contributed by atoms with Gasteiger partial charge in [-0.25, -0.2) is 0 Å². The molecule has 4 saturated carbocycles. The van der Waals surface area contributed by atoms with Gasteiger partial charge in [0.05, 0.1) is 6.10 Å². The lowest BCUT2D eigenvalue weighted by molar-refractivity contribution is -0.164. The van der Waals surface area contributed by atoms with Crippen LogP contribution in [0.1, 0.15) is 78.6 Å². The van der Waals surface area contributed by atoms with Crippen LogP contribution in [0.15, 0.2) is 0 Å². The predicted octanol–water partition coefficient (Wildman–Crippen LogP) is 5.13. The number of fused-ring (bicyclic) bond motifs is 5. The normalized spacial score (nSPS) is 53.3. The first-order valence-corrected chi connectivity index (χ1v) is 12.1. The average molecular weight is 474 g/mol. The van der Waals surface area contributed by atoms with Gasteiger partial charge >= 0.3 is 5.97 Å². The minimum Gasteiger partial charge on any atom is -0.461 e. The highest BCUT2D eigenvalue weighted by Gasteiger charge is 2.63. The van der Waals surface area contributed by atoms with Crippen molar-refractivity contribution in [2.24, 2.45) is 34.5 Å². The topological polar surface area (TPSA) is 46.5 Å². The van der Waals surface area contributed by atoms with Crippen LogP contribution in [0.25, 0.3) is 0 Å². The number of aliphatic hydroxyl groups excluding tert-OH is 1. The van der Waals surface area contributed by atoms with Gasteiger partial charge in [0.15, 0.2) is 0 Å². The summed E-state index contributed by atoms with van der Waals surface area (Å²) in [5, 5.41) is 10.2. The van der Waals surface area contributed by atoms with Crippen molar-refractivity contribution in [1.29, 1.82) is 0 Å². The highest BCUT2D eigenvalue weighted by molar-refractivity contribution is 14.1. The maximum Gasteiger partial charge on any atom is 0.305 e. The highest BCUT2D eigenvalue weighted by atomic mass is 127. The van der Waals surface area contributed by atoms with Crippen LogP contribution in [0.2, 0.25) is 0 Å². The molecule has 0 saturated heterocycles. The summed E-state index contributed by atoms with van der Waals surface area (Å²) in [6, 6.07) is 0. The van der Waals surface area contributed by atoms with Crippen LogP contribution in [-0.4, -0.2) is 27.2 Å². The Labute approximate surface area is 172 Å². The number of carbonyl (C=O) groups excluding carboxylic acids is 1. The van der Waals surface area contributed by atoms with Crippen molar-refractivity contribution in [3.8, 4) is 0 Å². The van der Waals surface area contributed by atoms with E-state index < -0.39 is 0 Å². The monoisotopic (exact) mass is 474 g/mol. The molecule has 9 atom stereocenters. The molecule has 0 radical (unpaired) electrons. The number of ether oxygens (including phenoxy) is 1.